The van der Waals surface area contributed by atoms with Gasteiger partial charge in [-0.25, -0.2) is 0 Å². The second-order valence-electron chi connectivity index (χ2n) is 3.27. The Morgan fingerprint density at radius 1 is 1.54 bits per heavy atom. The Morgan fingerprint density at radius 3 is 3.08 bits per heavy atom. The van der Waals surface area contributed by atoms with E-state index in [0.717, 1.165) is 13.2 Å². The van der Waals surface area contributed by atoms with E-state index >= 15 is 0 Å². The Hall–Kier alpha value is 0.130. The molecule has 0 spiro atoms. The van der Waals surface area contributed by atoms with E-state index in [-0.39, 0.29) is 5.91 Å². The van der Waals surface area contributed by atoms with Crippen LogP contribution in [0.5, 0.6) is 0 Å². The smallest absolute Gasteiger partial charge is 0.237 e. The number of nitrogens with one attached hydrogen (secondary N) is 1. The third-order valence-electron chi connectivity index (χ3n) is 2.24. The van der Waals surface area contributed by atoms with Crippen LogP contribution in [0.1, 0.15) is 0 Å². The van der Waals surface area contributed by atoms with Gasteiger partial charge in [-0.2, -0.15) is 23.5 Å². The summed E-state index contributed by atoms with van der Waals surface area (Å²) in [6, 6.07) is 0. The van der Waals surface area contributed by atoms with Crippen LogP contribution in [0.25, 0.3) is 0 Å². The molecule has 0 radical (unpaired) electrons. The van der Waals surface area contributed by atoms with Crippen molar-refractivity contribution in [3.05, 3.63) is 0 Å². The molecule has 0 bridgehead atoms. The van der Waals surface area contributed by atoms with Gasteiger partial charge in [0.2, 0.25) is 5.91 Å². The third-order valence-corrected chi connectivity index (χ3v) is 5.07. The molecule has 74 valence electrons. The Labute approximate surface area is 87.0 Å². The van der Waals surface area contributed by atoms with Crippen LogP contribution in [0.4, 0.5) is 0 Å². The first-order valence-corrected chi connectivity index (χ1v) is 6.74. The van der Waals surface area contributed by atoms with Crippen LogP contribution in [0.2, 0.25) is 0 Å². The molecule has 0 aromatic rings. The van der Waals surface area contributed by atoms with E-state index in [4.69, 9.17) is 0 Å². The molecule has 1 N–H and O–H groups in total. The maximum absolute atomic E-state index is 11.3. The van der Waals surface area contributed by atoms with Gasteiger partial charge in [0.15, 0.2) is 0 Å². The summed E-state index contributed by atoms with van der Waals surface area (Å²) in [5, 5.41) is 3.73. The summed E-state index contributed by atoms with van der Waals surface area (Å²) in [5.41, 5.74) is 0. The summed E-state index contributed by atoms with van der Waals surface area (Å²) in [5.74, 6) is 3.98. The minimum Gasteiger partial charge on any atom is -0.328 e. The van der Waals surface area contributed by atoms with Gasteiger partial charge in [0, 0.05) is 29.1 Å². The van der Waals surface area contributed by atoms with Crippen molar-refractivity contribution in [2.45, 2.75) is 5.25 Å². The van der Waals surface area contributed by atoms with Crippen molar-refractivity contribution in [2.24, 2.45) is 0 Å². The quantitative estimate of drug-likeness (QED) is 0.719. The summed E-state index contributed by atoms with van der Waals surface area (Å²) < 4.78 is 0. The van der Waals surface area contributed by atoms with Crippen LogP contribution >= 0.6 is 23.5 Å². The highest BCUT2D eigenvalue weighted by Gasteiger charge is 2.24. The number of hydrogen-bond acceptors (Lipinski definition) is 4. The van der Waals surface area contributed by atoms with Crippen molar-refractivity contribution in [3.8, 4) is 0 Å². The lowest BCUT2D eigenvalue weighted by atomic mass is 10.4. The zero-order valence-electron chi connectivity index (χ0n) is 7.49. The van der Waals surface area contributed by atoms with Crippen LogP contribution in [0.15, 0.2) is 0 Å². The van der Waals surface area contributed by atoms with E-state index in [2.05, 4.69) is 5.32 Å². The number of carbonyl (C=O) groups is 1. The zero-order chi connectivity index (χ0) is 9.10. The first-order chi connectivity index (χ1) is 6.36. The lowest BCUT2D eigenvalue weighted by Gasteiger charge is -2.25. The molecule has 5 heteroatoms. The van der Waals surface area contributed by atoms with Crippen LogP contribution in [-0.4, -0.2) is 53.1 Å². The summed E-state index contributed by atoms with van der Waals surface area (Å²) in [6.45, 7) is 2.22. The molecule has 2 saturated heterocycles. The number of hydrogen-bond donors (Lipinski definition) is 1. The predicted octanol–water partition coefficient (Wildman–Crippen LogP) is 0.224. The molecule has 1 atom stereocenters. The van der Waals surface area contributed by atoms with E-state index in [9.17, 15) is 4.79 Å². The Balaban J connectivity index is 1.79. The molecule has 1 unspecified atom stereocenters. The van der Waals surface area contributed by atoms with E-state index in [1.165, 1.54) is 17.3 Å². The van der Waals surface area contributed by atoms with Crippen LogP contribution < -0.4 is 5.32 Å². The molecule has 3 nitrogen and oxygen atoms in total. The first kappa shape index (κ1) is 9.68. The van der Waals surface area contributed by atoms with Gasteiger partial charge >= 0.3 is 0 Å². The molecule has 1 amide bonds. The molecule has 2 aliphatic heterocycles. The maximum Gasteiger partial charge on any atom is 0.237 e. The average molecular weight is 218 g/mol. The van der Waals surface area contributed by atoms with Crippen LogP contribution in [0, 0.1) is 0 Å². The van der Waals surface area contributed by atoms with Gasteiger partial charge in [-0.3, -0.25) is 10.1 Å². The zero-order valence-corrected chi connectivity index (χ0v) is 9.12. The van der Waals surface area contributed by atoms with Gasteiger partial charge in [0.1, 0.15) is 0 Å². The average Bonchev–Trinajstić information content (AvgIpc) is 2.54. The standard InChI is InChI=1S/C8H14N2OS2/c11-8-3-9-6-10(8)4-7-5-12-1-2-13-7/h7,9H,1-6H2. The van der Waals surface area contributed by atoms with Crippen molar-refractivity contribution in [1.29, 1.82) is 0 Å². The van der Waals surface area contributed by atoms with Gasteiger partial charge in [0.05, 0.1) is 13.2 Å². The van der Waals surface area contributed by atoms with Crippen molar-refractivity contribution in [2.75, 3.05) is 37.0 Å². The Kier molecular flexibility index (Phi) is 3.40. The number of amides is 1. The molecule has 2 heterocycles. The molecule has 2 fully saturated rings. The molecule has 2 rings (SSSR count). The van der Waals surface area contributed by atoms with Gasteiger partial charge in [-0.05, 0) is 0 Å². The number of carbonyl (C=O) groups excluding carboxylic acids is 1. The summed E-state index contributed by atoms with van der Waals surface area (Å²) in [6.07, 6.45) is 0. The van der Waals surface area contributed by atoms with Crippen molar-refractivity contribution in [1.82, 2.24) is 10.2 Å². The monoisotopic (exact) mass is 218 g/mol. The highest BCUT2D eigenvalue weighted by Crippen LogP contribution is 2.24. The fraction of sp³-hybridized carbons (Fsp3) is 0.875. The molecular formula is C8H14N2OS2. The topological polar surface area (TPSA) is 32.3 Å². The summed E-state index contributed by atoms with van der Waals surface area (Å²) >= 11 is 4.02. The minimum atomic E-state index is 0.260. The maximum atomic E-state index is 11.3. The minimum absolute atomic E-state index is 0.260. The molecule has 0 saturated carbocycles. The van der Waals surface area contributed by atoms with Crippen LogP contribution in [-0.2, 0) is 4.79 Å². The molecular weight excluding hydrogens is 204 g/mol. The molecule has 13 heavy (non-hydrogen) atoms. The highest BCUT2D eigenvalue weighted by atomic mass is 32.2. The molecule has 2 aliphatic rings. The first-order valence-electron chi connectivity index (χ1n) is 4.54. The lowest BCUT2D eigenvalue weighted by molar-refractivity contribution is -0.126. The second kappa shape index (κ2) is 4.57. The molecule has 0 aromatic heterocycles. The Bertz CT molecular complexity index is 195. The second-order valence-corrected chi connectivity index (χ2v) is 5.83. The number of thioether (sulfide) groups is 2. The van der Waals surface area contributed by atoms with E-state index in [1.54, 1.807) is 0 Å². The van der Waals surface area contributed by atoms with E-state index < -0.39 is 0 Å². The fourth-order valence-corrected chi connectivity index (χ4v) is 4.24. The van der Waals surface area contributed by atoms with Crippen molar-refractivity contribution >= 4 is 29.4 Å². The van der Waals surface area contributed by atoms with Gasteiger partial charge in [0.25, 0.3) is 0 Å². The predicted molar refractivity (Wildman–Crippen MR) is 58.2 cm³/mol. The largest absolute Gasteiger partial charge is 0.328 e. The van der Waals surface area contributed by atoms with Crippen molar-refractivity contribution < 1.29 is 4.79 Å². The summed E-state index contributed by atoms with van der Waals surface area (Å²) in [7, 11) is 0. The SMILES string of the molecule is O=C1CNCN1CC1CSCCS1. The van der Waals surface area contributed by atoms with Crippen molar-refractivity contribution in [3.63, 3.8) is 0 Å². The van der Waals surface area contributed by atoms with Gasteiger partial charge in [-0.15, -0.1) is 0 Å². The number of rotatable bonds is 2. The van der Waals surface area contributed by atoms with Crippen LogP contribution in [0.3, 0.4) is 0 Å². The fourth-order valence-electron chi connectivity index (χ4n) is 1.55. The normalized spacial score (nSPS) is 29.7. The Morgan fingerprint density at radius 2 is 2.46 bits per heavy atom. The van der Waals surface area contributed by atoms with E-state index in [0.29, 0.717) is 11.8 Å². The van der Waals surface area contributed by atoms with E-state index in [1.807, 2.05) is 28.4 Å². The van der Waals surface area contributed by atoms with Gasteiger partial charge in [-0.1, -0.05) is 0 Å². The summed E-state index contributed by atoms with van der Waals surface area (Å²) in [4.78, 5) is 13.2. The van der Waals surface area contributed by atoms with Gasteiger partial charge < -0.3 is 4.90 Å². The highest BCUT2D eigenvalue weighted by molar-refractivity contribution is 8.06. The number of nitrogens with zero attached hydrogens (tertiary/aromatic N) is 1. The third kappa shape index (κ3) is 2.54. The molecule has 0 aromatic carbocycles. The molecule has 0 aliphatic carbocycles. The lowest BCUT2D eigenvalue weighted by Crippen LogP contribution is -2.35.